The first-order chi connectivity index (χ1) is 46.4. The summed E-state index contributed by atoms with van der Waals surface area (Å²) in [5.74, 6) is -1.26. The zero-order valence-electron chi connectivity index (χ0n) is 56.2. The molecule has 2 bridgehead atoms. The Kier molecular flexibility index (Phi) is 31.0. The second kappa shape index (κ2) is 39.2. The number of aryl methyl sites for hydroxylation is 1. The number of hydrogen-bond donors (Lipinski definition) is 6. The Morgan fingerprint density at radius 1 is 0.583 bits per heavy atom. The van der Waals surface area contributed by atoms with Crippen LogP contribution >= 0.6 is 0 Å². The van der Waals surface area contributed by atoms with Crippen LogP contribution in [-0.2, 0) is 65.0 Å². The molecular weight excluding hydrogens is 1250 g/mol. The largest absolute Gasteiger partial charge is 0.377 e. The van der Waals surface area contributed by atoms with Crippen molar-refractivity contribution in [1.29, 1.82) is 0 Å². The summed E-state index contributed by atoms with van der Waals surface area (Å²) in [6.07, 6.45) is 16.0. The van der Waals surface area contributed by atoms with Gasteiger partial charge in [-0.1, -0.05) is 93.2 Å². The molecule has 23 nitrogen and oxygen atoms in total. The third-order valence-corrected chi connectivity index (χ3v) is 19.3. The number of carbonyl (C=O) groups excluding carboxylic acids is 6. The number of nitrogens with one attached hydrogen (secondary N) is 3. The van der Waals surface area contributed by atoms with E-state index >= 15 is 0 Å². The normalized spacial score (nSPS) is 16.6. The minimum Gasteiger partial charge on any atom is -0.377 e. The van der Waals surface area contributed by atoms with Crippen molar-refractivity contribution in [3.05, 3.63) is 128 Å². The summed E-state index contributed by atoms with van der Waals surface area (Å²) in [5, 5.41) is 13.4. The van der Waals surface area contributed by atoms with Gasteiger partial charge in [0.25, 0.3) is 0 Å². The summed E-state index contributed by atoms with van der Waals surface area (Å²) in [4.78, 5) is 89.4. The van der Waals surface area contributed by atoms with Crippen molar-refractivity contribution in [3.8, 4) is 0 Å². The van der Waals surface area contributed by atoms with Crippen LogP contribution in [0.3, 0.4) is 0 Å². The molecule has 3 aliphatic carbocycles. The second-order valence-electron chi connectivity index (χ2n) is 25.5. The molecule has 1 heterocycles. The molecule has 6 amide bonds. The molecule has 9 N–H and O–H groups in total. The van der Waals surface area contributed by atoms with E-state index in [1.54, 1.807) is 19.0 Å². The number of halogens is 1. The molecule has 4 aliphatic rings. The van der Waals surface area contributed by atoms with Gasteiger partial charge >= 0.3 is 10.2 Å². The molecule has 1 saturated heterocycles. The Labute approximate surface area is 565 Å². The van der Waals surface area contributed by atoms with Gasteiger partial charge in [0.2, 0.25) is 35.4 Å². The van der Waals surface area contributed by atoms with Crippen molar-refractivity contribution >= 4 is 62.7 Å². The molecule has 96 heavy (non-hydrogen) atoms. The lowest BCUT2D eigenvalue weighted by molar-refractivity contribution is -0.143. The molecule has 0 saturated carbocycles. The van der Waals surface area contributed by atoms with Gasteiger partial charge in [0.1, 0.15) is 6.04 Å². The lowest BCUT2D eigenvalue weighted by Crippen LogP contribution is -2.47. The van der Waals surface area contributed by atoms with E-state index in [0.717, 1.165) is 142 Å². The topological polar surface area (TPSA) is 337 Å². The molecular formula is C71H101FN12O11S. The van der Waals surface area contributed by atoms with E-state index in [-0.39, 0.29) is 120 Å². The van der Waals surface area contributed by atoms with Crippen molar-refractivity contribution in [1.82, 2.24) is 14.7 Å². The highest BCUT2D eigenvalue weighted by Gasteiger charge is 2.52. The predicted octanol–water partition coefficient (Wildman–Crippen LogP) is 9.86. The first-order valence-electron chi connectivity index (χ1n) is 34.4. The van der Waals surface area contributed by atoms with Crippen LogP contribution in [0.25, 0.3) is 10.4 Å². The number of rotatable bonds is 45. The summed E-state index contributed by atoms with van der Waals surface area (Å²) in [7, 11) is -1.51. The highest BCUT2D eigenvalue weighted by Crippen LogP contribution is 2.62. The predicted molar refractivity (Wildman–Crippen MR) is 369 cm³/mol. The monoisotopic (exact) mass is 1350 g/mol. The quantitative estimate of drug-likeness (QED) is 0.00789. The molecule has 4 aromatic rings. The zero-order valence-corrected chi connectivity index (χ0v) is 57.0. The van der Waals surface area contributed by atoms with E-state index in [2.05, 4.69) is 62.4 Å². The zero-order chi connectivity index (χ0) is 68.9. The SMILES string of the molecule is CN(CCOCCOCCOCCN(C)C(=O)[C@@H]1C[C@H](N=[N+]=[N-])CN1C(=O)CCc1ccc(S(=O)(=O)F)cc1)C(=O)CCC12c3cc(NC(=O)CCCCCCCN)ccc3C(c3ccc(NC(=O)CCCCCCCN)cc31)c1ccc(NC(=O)CCCCCCCN)cc12. The standard InChI is InChI=1S/C71H101FN12O11S/c1-82(38-40-93-42-44-95-45-43-94-41-39-83(2)70(90)63-49-55(80-81-76)50-84(63)68(89)32-23-51-21-27-56(28-22-51)96(72,91)92)67(88)33-34-71-60-46-52(77-64(85)18-12-6-3-9-15-35-73)24-29-57(60)69(58-30-25-53(47-61(58)71)78-65(86)19-13-7-4-10-16-36-74)59-31-26-54(48-62(59)71)79-66(87)20-14-8-5-11-17-37-75/h21-22,24-31,46-48,55,63,69H,3-20,23,32-45,49-50,73-75H2,1-2H3,(H,77,85)(H,78,86)(H,79,87)/t55-,63-,69?,71?/m0/s1. The summed E-state index contributed by atoms with van der Waals surface area (Å²) in [6, 6.07) is 22.0. The number of hydrogen-bond acceptors (Lipinski definition) is 15. The molecule has 0 aromatic heterocycles. The molecule has 25 heteroatoms. The molecule has 4 aromatic carbocycles. The third kappa shape index (κ3) is 22.1. The van der Waals surface area contributed by atoms with Gasteiger partial charge in [-0.25, -0.2) is 0 Å². The van der Waals surface area contributed by atoms with Crippen molar-refractivity contribution in [2.24, 2.45) is 22.3 Å². The third-order valence-electron chi connectivity index (χ3n) is 18.5. The van der Waals surface area contributed by atoms with Crippen LogP contribution in [0, 0.1) is 0 Å². The number of nitrogens with two attached hydrogens (primary N) is 3. The van der Waals surface area contributed by atoms with Gasteiger partial charge in [0, 0.05) is 99.1 Å². The van der Waals surface area contributed by atoms with E-state index < -0.39 is 32.6 Å². The molecule has 0 radical (unpaired) electrons. The fourth-order valence-electron chi connectivity index (χ4n) is 13.3. The highest BCUT2D eigenvalue weighted by atomic mass is 32.3. The number of likely N-dealkylation sites (tertiary alicyclic amines) is 1. The summed E-state index contributed by atoms with van der Waals surface area (Å²) in [6.45, 7) is 3.96. The van der Waals surface area contributed by atoms with Gasteiger partial charge in [0.05, 0.1) is 50.6 Å². The van der Waals surface area contributed by atoms with Crippen molar-refractivity contribution in [2.75, 3.05) is 109 Å². The molecule has 2 atom stereocenters. The Hall–Kier alpha value is -7.35. The molecule has 0 unspecified atom stereocenters. The molecule has 524 valence electrons. The lowest BCUT2D eigenvalue weighted by Gasteiger charge is -2.51. The number of ether oxygens (including phenoxy) is 3. The van der Waals surface area contributed by atoms with Crippen LogP contribution in [0.4, 0.5) is 20.9 Å². The van der Waals surface area contributed by atoms with Gasteiger partial charge in [0.15, 0.2) is 0 Å². The van der Waals surface area contributed by atoms with Crippen molar-refractivity contribution in [2.45, 2.75) is 176 Å². The summed E-state index contributed by atoms with van der Waals surface area (Å²) in [5.41, 5.74) is 33.8. The van der Waals surface area contributed by atoms with Gasteiger partial charge in [-0.05, 0) is 170 Å². The van der Waals surface area contributed by atoms with Crippen LogP contribution in [0.5, 0.6) is 0 Å². The Morgan fingerprint density at radius 2 is 1.00 bits per heavy atom. The highest BCUT2D eigenvalue weighted by molar-refractivity contribution is 7.86. The average molecular weight is 1350 g/mol. The average Bonchev–Trinajstić information content (AvgIpc) is 0.734. The van der Waals surface area contributed by atoms with E-state index in [0.29, 0.717) is 74.5 Å². The van der Waals surface area contributed by atoms with Gasteiger partial charge < -0.3 is 62.1 Å². The van der Waals surface area contributed by atoms with E-state index in [1.807, 2.05) is 18.2 Å². The maximum absolute atomic E-state index is 14.6. The van der Waals surface area contributed by atoms with Crippen molar-refractivity contribution in [3.63, 3.8) is 0 Å². The van der Waals surface area contributed by atoms with Crippen LogP contribution < -0.4 is 33.2 Å². The van der Waals surface area contributed by atoms with E-state index in [1.165, 1.54) is 21.9 Å². The number of likely N-dealkylation sites (N-methyl/N-ethyl adjacent to an activating group) is 2. The fourth-order valence-corrected chi connectivity index (χ4v) is 13.7. The van der Waals surface area contributed by atoms with Gasteiger partial charge in [-0.2, -0.15) is 8.42 Å². The minimum absolute atomic E-state index is 0.0105. The number of carbonyl (C=O) groups is 6. The molecule has 1 aliphatic heterocycles. The second-order valence-corrected chi connectivity index (χ2v) is 26.8. The van der Waals surface area contributed by atoms with Crippen LogP contribution in [0.2, 0.25) is 0 Å². The number of unbranched alkanes of at least 4 members (excludes halogenated alkanes) is 12. The first-order valence-corrected chi connectivity index (χ1v) is 35.8. The number of benzene rings is 4. The molecule has 8 rings (SSSR count). The summed E-state index contributed by atoms with van der Waals surface area (Å²) >= 11 is 0. The van der Waals surface area contributed by atoms with Gasteiger partial charge in [-0.3, -0.25) is 28.8 Å². The Bertz CT molecular complexity index is 3190. The van der Waals surface area contributed by atoms with Crippen LogP contribution in [0.1, 0.15) is 186 Å². The van der Waals surface area contributed by atoms with Crippen LogP contribution in [0.15, 0.2) is 88.9 Å². The van der Waals surface area contributed by atoms with Crippen LogP contribution in [-0.4, -0.2) is 164 Å². The minimum atomic E-state index is -4.86. The molecule has 1 fully saturated rings. The maximum Gasteiger partial charge on any atom is 0.332 e. The number of amides is 6. The molecule has 0 spiro atoms. The van der Waals surface area contributed by atoms with Crippen molar-refractivity contribution < 1.29 is 55.3 Å². The first kappa shape index (κ1) is 76.0. The number of anilines is 3. The Morgan fingerprint density at radius 3 is 1.43 bits per heavy atom. The van der Waals surface area contributed by atoms with E-state index in [9.17, 15) is 41.1 Å². The lowest BCUT2D eigenvalue weighted by atomic mass is 9.51. The smallest absolute Gasteiger partial charge is 0.332 e. The maximum atomic E-state index is 14.6. The number of nitrogens with zero attached hydrogens (tertiary/aromatic N) is 6. The number of azide groups is 1. The summed E-state index contributed by atoms with van der Waals surface area (Å²) < 4.78 is 53.3. The Balaban J connectivity index is 0.964. The fraction of sp³-hybridized carbons (Fsp3) is 0.577. The van der Waals surface area contributed by atoms with E-state index in [4.69, 9.17) is 36.9 Å². The van der Waals surface area contributed by atoms with Gasteiger partial charge in [-0.15, -0.1) is 3.89 Å².